The van der Waals surface area contributed by atoms with Crippen molar-refractivity contribution < 1.29 is 28.2 Å². The zero-order valence-corrected chi connectivity index (χ0v) is 24.5. The molecule has 0 atom stereocenters. The van der Waals surface area contributed by atoms with Gasteiger partial charge in [-0.15, -0.1) is 0 Å². The molecule has 0 unspecified atom stereocenters. The molecule has 5 aromatic rings. The first-order valence-corrected chi connectivity index (χ1v) is 15.3. The highest BCUT2D eigenvalue weighted by Crippen LogP contribution is 2.36. The van der Waals surface area contributed by atoms with Gasteiger partial charge in [0.2, 0.25) is 5.43 Å². The Bertz CT molecular complexity index is 1870. The predicted octanol–water partition coefficient (Wildman–Crippen LogP) is 8.39. The minimum absolute atomic E-state index is 0.161. The van der Waals surface area contributed by atoms with Crippen molar-refractivity contribution in [3.63, 3.8) is 0 Å². The van der Waals surface area contributed by atoms with E-state index in [1.54, 1.807) is 42.5 Å². The molecule has 0 amide bonds. The molecular formula is C37H34O7. The quantitative estimate of drug-likeness (QED) is 0.0803. The number of fused-ring (bicyclic) bond motifs is 4. The summed E-state index contributed by atoms with van der Waals surface area (Å²) in [4.78, 5) is 37.9. The Morgan fingerprint density at radius 2 is 1.18 bits per heavy atom. The van der Waals surface area contributed by atoms with E-state index in [9.17, 15) is 14.4 Å². The smallest absolute Gasteiger partial charge is 0.338 e. The number of para-hydroxylation sites is 2. The lowest BCUT2D eigenvalue weighted by atomic mass is 9.98. The summed E-state index contributed by atoms with van der Waals surface area (Å²) in [5, 5.41) is 0.854. The third-order valence-corrected chi connectivity index (χ3v) is 7.94. The lowest BCUT2D eigenvalue weighted by Crippen LogP contribution is -2.09. The molecular weight excluding hydrogens is 556 g/mol. The summed E-state index contributed by atoms with van der Waals surface area (Å²) < 4.78 is 22.7. The van der Waals surface area contributed by atoms with Crippen LogP contribution in [0, 0.1) is 0 Å². The van der Waals surface area contributed by atoms with E-state index in [4.69, 9.17) is 18.6 Å². The lowest BCUT2D eigenvalue weighted by Gasteiger charge is -2.20. The number of esters is 2. The second-order valence-corrected chi connectivity index (χ2v) is 11.1. The van der Waals surface area contributed by atoms with Crippen LogP contribution in [-0.4, -0.2) is 25.2 Å². The van der Waals surface area contributed by atoms with Crippen LogP contribution in [0.1, 0.15) is 76.8 Å². The molecule has 224 valence electrons. The average Bonchev–Trinajstić information content (AvgIpc) is 3.05. The third kappa shape index (κ3) is 6.67. The van der Waals surface area contributed by atoms with Gasteiger partial charge in [-0.2, -0.15) is 0 Å². The van der Waals surface area contributed by atoms with Gasteiger partial charge in [0.15, 0.2) is 0 Å². The van der Waals surface area contributed by atoms with E-state index in [2.05, 4.69) is 0 Å². The summed E-state index contributed by atoms with van der Waals surface area (Å²) in [5.74, 6) is 0.903. The zero-order chi connectivity index (χ0) is 30.3. The van der Waals surface area contributed by atoms with Crippen molar-refractivity contribution in [2.75, 3.05) is 13.2 Å². The average molecular weight is 591 g/mol. The highest BCUT2D eigenvalue weighted by Gasteiger charge is 2.19. The molecule has 6 rings (SSSR count). The topological polar surface area (TPSA) is 92.0 Å². The number of hydrogen-bond acceptors (Lipinski definition) is 7. The summed E-state index contributed by atoms with van der Waals surface area (Å²) in [7, 11) is 0. The van der Waals surface area contributed by atoms with Gasteiger partial charge in [-0.25, -0.2) is 9.59 Å². The SMILES string of the molecule is O=C(OCCCCCCCCCOC(=O)c1ccc2oc3ccccc3c(=O)c2c1)c1ccc2c(c1)Cc1ccccc1O2. The van der Waals surface area contributed by atoms with Gasteiger partial charge in [0.05, 0.1) is 35.1 Å². The zero-order valence-electron chi connectivity index (χ0n) is 24.5. The number of ether oxygens (including phenoxy) is 3. The van der Waals surface area contributed by atoms with E-state index in [1.807, 2.05) is 42.5 Å². The van der Waals surface area contributed by atoms with Crippen LogP contribution in [0.15, 0.2) is 94.1 Å². The summed E-state index contributed by atoms with van der Waals surface area (Å²) in [6, 6.07) is 25.3. The van der Waals surface area contributed by atoms with Crippen LogP contribution in [0.2, 0.25) is 0 Å². The molecule has 1 aromatic heterocycles. The molecule has 0 saturated heterocycles. The number of rotatable bonds is 12. The molecule has 0 spiro atoms. The molecule has 1 aliphatic heterocycles. The Labute approximate surface area is 255 Å². The molecule has 44 heavy (non-hydrogen) atoms. The largest absolute Gasteiger partial charge is 0.462 e. The number of carbonyl (C=O) groups is 2. The van der Waals surface area contributed by atoms with Crippen LogP contribution in [0.4, 0.5) is 0 Å². The maximum absolute atomic E-state index is 12.8. The fourth-order valence-corrected chi connectivity index (χ4v) is 5.53. The maximum Gasteiger partial charge on any atom is 0.338 e. The number of benzene rings is 4. The van der Waals surface area contributed by atoms with Crippen LogP contribution in [0.3, 0.4) is 0 Å². The van der Waals surface area contributed by atoms with Crippen LogP contribution >= 0.6 is 0 Å². The Hall–Kier alpha value is -4.91. The number of unbranched alkanes of at least 4 members (excludes halogenated alkanes) is 6. The van der Waals surface area contributed by atoms with Crippen molar-refractivity contribution >= 4 is 33.9 Å². The van der Waals surface area contributed by atoms with Gasteiger partial charge in [0.1, 0.15) is 22.7 Å². The molecule has 0 saturated carbocycles. The van der Waals surface area contributed by atoms with Crippen molar-refractivity contribution in [1.29, 1.82) is 0 Å². The van der Waals surface area contributed by atoms with Gasteiger partial charge >= 0.3 is 11.9 Å². The summed E-state index contributed by atoms with van der Waals surface area (Å²) in [6.07, 6.45) is 7.46. The summed E-state index contributed by atoms with van der Waals surface area (Å²) in [5.41, 5.74) is 3.79. The number of carbonyl (C=O) groups excluding carboxylic acids is 2. The second kappa shape index (κ2) is 13.6. The molecule has 1 aliphatic rings. The van der Waals surface area contributed by atoms with Crippen LogP contribution in [-0.2, 0) is 15.9 Å². The van der Waals surface area contributed by atoms with E-state index in [0.717, 1.165) is 74.0 Å². The molecule has 7 nitrogen and oxygen atoms in total. The third-order valence-electron chi connectivity index (χ3n) is 7.94. The van der Waals surface area contributed by atoms with Gasteiger partial charge in [0.25, 0.3) is 0 Å². The van der Waals surface area contributed by atoms with E-state index in [1.165, 1.54) is 0 Å². The first-order valence-electron chi connectivity index (χ1n) is 15.3. The first kappa shape index (κ1) is 29.2. The molecule has 0 radical (unpaired) electrons. The monoisotopic (exact) mass is 590 g/mol. The van der Waals surface area contributed by atoms with Crippen molar-refractivity contribution in [1.82, 2.24) is 0 Å². The highest BCUT2D eigenvalue weighted by molar-refractivity contribution is 5.96. The van der Waals surface area contributed by atoms with Crippen LogP contribution in [0.25, 0.3) is 21.9 Å². The minimum atomic E-state index is -0.442. The van der Waals surface area contributed by atoms with Crippen LogP contribution < -0.4 is 10.2 Å². The van der Waals surface area contributed by atoms with Gasteiger partial charge in [0, 0.05) is 12.0 Å². The predicted molar refractivity (Wildman–Crippen MR) is 169 cm³/mol. The minimum Gasteiger partial charge on any atom is -0.462 e. The van der Waals surface area contributed by atoms with Crippen LogP contribution in [0.5, 0.6) is 11.5 Å². The van der Waals surface area contributed by atoms with Crippen molar-refractivity contribution in [2.24, 2.45) is 0 Å². The normalized spacial score (nSPS) is 11.9. The molecule has 2 heterocycles. The van der Waals surface area contributed by atoms with E-state index in [-0.39, 0.29) is 11.4 Å². The molecule has 7 heteroatoms. The first-order chi connectivity index (χ1) is 21.6. The Morgan fingerprint density at radius 1 is 0.591 bits per heavy atom. The van der Waals surface area contributed by atoms with Crippen molar-refractivity contribution in [3.05, 3.63) is 117 Å². The van der Waals surface area contributed by atoms with E-state index >= 15 is 0 Å². The van der Waals surface area contributed by atoms with E-state index in [0.29, 0.717) is 46.3 Å². The fraction of sp³-hybridized carbons (Fsp3) is 0.270. The van der Waals surface area contributed by atoms with Gasteiger partial charge in [-0.3, -0.25) is 4.79 Å². The standard InChI is InChI=1S/C37H34O7/c38-35-29-13-7-9-15-33(29)44-34-19-17-27(24-30(34)35)37(40)42-21-11-5-3-1-2-4-10-20-41-36(39)26-16-18-32-28(23-26)22-25-12-6-8-14-31(25)43-32/h6-9,12-19,23-24H,1-5,10-11,20-22H2. The summed E-state index contributed by atoms with van der Waals surface area (Å²) >= 11 is 0. The Kier molecular flexibility index (Phi) is 9.01. The van der Waals surface area contributed by atoms with Gasteiger partial charge in [-0.05, 0) is 73.0 Å². The maximum atomic E-state index is 12.8. The Balaban J connectivity index is 0.841. The number of hydrogen-bond donors (Lipinski definition) is 0. The fourth-order valence-electron chi connectivity index (χ4n) is 5.53. The van der Waals surface area contributed by atoms with Gasteiger partial charge < -0.3 is 18.6 Å². The molecule has 4 aromatic carbocycles. The molecule has 0 aliphatic carbocycles. The molecule has 0 N–H and O–H groups in total. The molecule has 0 bridgehead atoms. The highest BCUT2D eigenvalue weighted by atomic mass is 16.5. The Morgan fingerprint density at radius 3 is 1.95 bits per heavy atom. The van der Waals surface area contributed by atoms with Crippen molar-refractivity contribution in [2.45, 2.75) is 51.4 Å². The summed E-state index contributed by atoms with van der Waals surface area (Å²) in [6.45, 7) is 0.735. The van der Waals surface area contributed by atoms with Gasteiger partial charge in [-0.1, -0.05) is 62.4 Å². The van der Waals surface area contributed by atoms with Crippen molar-refractivity contribution in [3.8, 4) is 11.5 Å². The molecule has 0 fully saturated rings. The van der Waals surface area contributed by atoms with E-state index < -0.39 is 5.97 Å². The second-order valence-electron chi connectivity index (χ2n) is 11.1. The lowest BCUT2D eigenvalue weighted by molar-refractivity contribution is 0.0490.